The Bertz CT molecular complexity index is 533. The topological polar surface area (TPSA) is 231 Å². The van der Waals surface area contributed by atoms with Gasteiger partial charge in [0.05, 0.1) is 13.2 Å². The van der Waals surface area contributed by atoms with Gasteiger partial charge in [-0.05, 0) is 25.8 Å². The normalized spacial score (nSPS) is 42.1. The minimum absolute atomic E-state index is 0.236. The smallest absolute Gasteiger partial charge is 0.224 e. The number of hydrogen-bond donors (Lipinski definition) is 9. The molecular formula is C18H36N2O11. The molecule has 2 fully saturated rings. The van der Waals surface area contributed by atoms with Gasteiger partial charge in [-0.3, -0.25) is 0 Å². The summed E-state index contributed by atoms with van der Waals surface area (Å²) in [5.41, 5.74) is 11.3. The minimum atomic E-state index is -2.23. The molecule has 13 nitrogen and oxygen atoms in total. The minimum Gasteiger partial charge on any atom is -0.394 e. The van der Waals surface area contributed by atoms with E-state index in [0.29, 0.717) is 13.0 Å². The molecule has 184 valence electrons. The molecule has 2 heterocycles. The Balaban J connectivity index is 1.99. The van der Waals surface area contributed by atoms with E-state index in [2.05, 4.69) is 0 Å². The number of ether oxygens (including phenoxy) is 4. The lowest BCUT2D eigenvalue weighted by Gasteiger charge is -2.43. The van der Waals surface area contributed by atoms with Crippen LogP contribution in [0, 0.1) is 0 Å². The number of nitrogens with two attached hydrogens (primary N) is 2. The van der Waals surface area contributed by atoms with E-state index in [-0.39, 0.29) is 6.61 Å². The van der Waals surface area contributed by atoms with Gasteiger partial charge in [-0.2, -0.15) is 0 Å². The van der Waals surface area contributed by atoms with Gasteiger partial charge in [-0.15, -0.1) is 0 Å². The van der Waals surface area contributed by atoms with Crippen molar-refractivity contribution in [2.45, 2.75) is 86.7 Å². The highest BCUT2D eigenvalue weighted by Gasteiger charge is 2.58. The van der Waals surface area contributed by atoms with Crippen LogP contribution >= 0.6 is 0 Å². The lowest BCUT2D eigenvalue weighted by molar-refractivity contribution is -0.384. The van der Waals surface area contributed by atoms with Crippen LogP contribution in [0.5, 0.6) is 0 Å². The lowest BCUT2D eigenvalue weighted by Crippen LogP contribution is -2.63. The number of hydrogen-bond acceptors (Lipinski definition) is 13. The second-order valence-corrected chi connectivity index (χ2v) is 7.89. The molecule has 1 unspecified atom stereocenters. The Labute approximate surface area is 180 Å². The summed E-state index contributed by atoms with van der Waals surface area (Å²) in [7, 11) is 0. The fourth-order valence-electron chi connectivity index (χ4n) is 3.59. The molecule has 0 aromatic carbocycles. The van der Waals surface area contributed by atoms with Crippen molar-refractivity contribution in [2.75, 3.05) is 26.4 Å². The summed E-state index contributed by atoms with van der Waals surface area (Å²) in [5, 5.41) is 69.8. The first-order valence-corrected chi connectivity index (χ1v) is 10.4. The van der Waals surface area contributed by atoms with Crippen molar-refractivity contribution >= 4 is 0 Å². The van der Waals surface area contributed by atoms with Crippen LogP contribution in [-0.2, 0) is 18.9 Å². The summed E-state index contributed by atoms with van der Waals surface area (Å²) in [6, 6.07) is 0. The first-order chi connectivity index (χ1) is 14.7. The maximum atomic E-state index is 10.2. The molecule has 31 heavy (non-hydrogen) atoms. The molecule has 0 aromatic rings. The Morgan fingerprint density at radius 1 is 0.903 bits per heavy atom. The van der Waals surface area contributed by atoms with Crippen molar-refractivity contribution in [1.29, 1.82) is 0 Å². The predicted octanol–water partition coefficient (Wildman–Crippen LogP) is -4.57. The number of aliphatic hydroxyl groups is 7. The second-order valence-electron chi connectivity index (χ2n) is 7.89. The molecule has 13 heteroatoms. The molecule has 0 aromatic heterocycles. The van der Waals surface area contributed by atoms with Gasteiger partial charge in [0.25, 0.3) is 0 Å². The summed E-state index contributed by atoms with van der Waals surface area (Å²) in [6.45, 7) is -1.27. The number of unbranched alkanes of at least 4 members (excludes halogenated alkanes) is 2. The van der Waals surface area contributed by atoms with E-state index in [0.717, 1.165) is 19.3 Å². The highest BCUT2D eigenvalue weighted by molar-refractivity contribution is 4.98. The van der Waals surface area contributed by atoms with Gasteiger partial charge in [-0.25, -0.2) is 0 Å². The fourth-order valence-corrected chi connectivity index (χ4v) is 3.59. The number of aliphatic hydroxyl groups excluding tert-OH is 7. The lowest BCUT2D eigenvalue weighted by atomic mass is 9.99. The van der Waals surface area contributed by atoms with Gasteiger partial charge in [0.15, 0.2) is 6.29 Å². The second kappa shape index (κ2) is 12.1. The van der Waals surface area contributed by atoms with Crippen LogP contribution in [0.15, 0.2) is 0 Å². The molecular weight excluding hydrogens is 420 g/mol. The molecule has 2 aliphatic heterocycles. The highest BCUT2D eigenvalue weighted by atomic mass is 16.8. The molecule has 10 atom stereocenters. The van der Waals surface area contributed by atoms with Crippen molar-refractivity contribution in [3.8, 4) is 0 Å². The molecule has 0 bridgehead atoms. The largest absolute Gasteiger partial charge is 0.394 e. The third-order valence-electron chi connectivity index (χ3n) is 5.56. The van der Waals surface area contributed by atoms with Crippen LogP contribution in [0.4, 0.5) is 0 Å². The first kappa shape index (κ1) is 26.7. The summed E-state index contributed by atoms with van der Waals surface area (Å²) in [4.78, 5) is 0. The SMILES string of the molecule is NCCCCCC(N)OC[C@H]1O[C@H](O[C@]2(CO)O[C@H](CO)[C@@H](O)[C@@H]2O)[C@H](O)[C@@H](O)[C@@H]1O. The summed E-state index contributed by atoms with van der Waals surface area (Å²) >= 11 is 0. The Hall–Kier alpha value is -0.520. The summed E-state index contributed by atoms with van der Waals surface area (Å²) in [5.74, 6) is -2.23. The average molecular weight is 456 g/mol. The predicted molar refractivity (Wildman–Crippen MR) is 103 cm³/mol. The zero-order chi connectivity index (χ0) is 23.2. The van der Waals surface area contributed by atoms with Gasteiger partial charge >= 0.3 is 0 Å². The first-order valence-electron chi connectivity index (χ1n) is 10.4. The highest BCUT2D eigenvalue weighted by Crippen LogP contribution is 2.36. The maximum Gasteiger partial charge on any atom is 0.224 e. The average Bonchev–Trinajstić information content (AvgIpc) is 3.01. The molecule has 0 saturated carbocycles. The van der Waals surface area contributed by atoms with Gasteiger partial charge in [0.1, 0.15) is 55.6 Å². The van der Waals surface area contributed by atoms with E-state index in [9.17, 15) is 35.7 Å². The molecule has 0 spiro atoms. The van der Waals surface area contributed by atoms with Gasteiger partial charge in [-0.1, -0.05) is 6.42 Å². The van der Waals surface area contributed by atoms with Crippen LogP contribution < -0.4 is 11.5 Å². The maximum absolute atomic E-state index is 10.2. The molecule has 2 aliphatic rings. The van der Waals surface area contributed by atoms with Crippen LogP contribution in [-0.4, -0.2) is 123 Å². The molecule has 0 aliphatic carbocycles. The molecule has 0 radical (unpaired) electrons. The molecule has 0 amide bonds. The van der Waals surface area contributed by atoms with Crippen molar-refractivity contribution in [3.05, 3.63) is 0 Å². The quantitative estimate of drug-likeness (QED) is 0.0995. The Morgan fingerprint density at radius 2 is 1.61 bits per heavy atom. The van der Waals surface area contributed by atoms with Crippen LogP contribution in [0.25, 0.3) is 0 Å². The van der Waals surface area contributed by atoms with E-state index in [1.165, 1.54) is 0 Å². The zero-order valence-electron chi connectivity index (χ0n) is 17.3. The van der Waals surface area contributed by atoms with Crippen molar-refractivity contribution in [1.82, 2.24) is 0 Å². The van der Waals surface area contributed by atoms with E-state index in [1.807, 2.05) is 0 Å². The van der Waals surface area contributed by atoms with Gasteiger partial charge < -0.3 is 66.2 Å². The van der Waals surface area contributed by atoms with Crippen molar-refractivity contribution < 1.29 is 54.7 Å². The standard InChI is InChI=1S/C18H36N2O11/c19-5-3-1-2-4-11(20)28-7-10-12(23)14(25)15(26)17(29-10)31-18(8-22)16(27)13(24)9(6-21)30-18/h9-17,21-27H,1-8,19-20H2/t9-,10-,11?,12-,13-,14+,15-,16+,17-,18+/m1/s1. The fraction of sp³-hybridized carbons (Fsp3) is 1.00. The third-order valence-corrected chi connectivity index (χ3v) is 5.56. The molecule has 11 N–H and O–H groups in total. The van der Waals surface area contributed by atoms with Gasteiger partial charge in [0, 0.05) is 0 Å². The third kappa shape index (κ3) is 6.29. The zero-order valence-corrected chi connectivity index (χ0v) is 17.3. The molecule has 2 rings (SSSR count). The van der Waals surface area contributed by atoms with E-state index >= 15 is 0 Å². The summed E-state index contributed by atoms with van der Waals surface area (Å²) < 4.78 is 21.7. The van der Waals surface area contributed by atoms with E-state index in [1.54, 1.807) is 0 Å². The van der Waals surface area contributed by atoms with E-state index in [4.69, 9.17) is 30.4 Å². The molecule has 2 saturated heterocycles. The van der Waals surface area contributed by atoms with Crippen LogP contribution in [0.3, 0.4) is 0 Å². The van der Waals surface area contributed by atoms with Crippen LogP contribution in [0.1, 0.15) is 25.7 Å². The van der Waals surface area contributed by atoms with Crippen molar-refractivity contribution in [3.63, 3.8) is 0 Å². The Morgan fingerprint density at radius 3 is 2.19 bits per heavy atom. The Kier molecular flexibility index (Phi) is 10.4. The monoisotopic (exact) mass is 456 g/mol. The number of rotatable bonds is 12. The van der Waals surface area contributed by atoms with Gasteiger partial charge in [0.2, 0.25) is 5.79 Å². The van der Waals surface area contributed by atoms with E-state index < -0.39 is 74.2 Å². The van der Waals surface area contributed by atoms with Crippen molar-refractivity contribution in [2.24, 2.45) is 11.5 Å². The summed E-state index contributed by atoms with van der Waals surface area (Å²) in [6.07, 6.45) is -10.0. The van der Waals surface area contributed by atoms with Crippen LogP contribution in [0.2, 0.25) is 0 Å².